The summed E-state index contributed by atoms with van der Waals surface area (Å²) in [5.41, 5.74) is 6.19. The first-order chi connectivity index (χ1) is 8.06. The van der Waals surface area contributed by atoms with Gasteiger partial charge in [0.05, 0.1) is 0 Å². The van der Waals surface area contributed by atoms with Gasteiger partial charge in [-0.05, 0) is 55.3 Å². The van der Waals surface area contributed by atoms with Crippen molar-refractivity contribution in [3.63, 3.8) is 0 Å². The average Bonchev–Trinajstić information content (AvgIpc) is 2.29. The first-order valence-corrected chi connectivity index (χ1v) is 5.84. The van der Waals surface area contributed by atoms with Crippen molar-refractivity contribution in [2.75, 3.05) is 7.05 Å². The average molecular weight is 227 g/mol. The lowest BCUT2D eigenvalue weighted by molar-refractivity contribution is 1.10. The Hall–Kier alpha value is -1.76. The third-order valence-corrected chi connectivity index (χ3v) is 2.83. The highest BCUT2D eigenvalue weighted by molar-refractivity contribution is 5.75. The van der Waals surface area contributed by atoms with Crippen molar-refractivity contribution in [2.45, 2.75) is 20.8 Å². The number of hydrogen-bond acceptors (Lipinski definition) is 1. The van der Waals surface area contributed by atoms with Gasteiger partial charge in [0.1, 0.15) is 0 Å². The molecule has 1 aromatic rings. The van der Waals surface area contributed by atoms with Gasteiger partial charge in [0.25, 0.3) is 0 Å². The Bertz CT molecular complexity index is 465. The van der Waals surface area contributed by atoms with E-state index in [0.29, 0.717) is 0 Å². The first kappa shape index (κ1) is 13.3. The Labute approximate surface area is 105 Å². The Balaban J connectivity index is 2.97. The van der Waals surface area contributed by atoms with Crippen molar-refractivity contribution >= 4 is 5.57 Å². The van der Waals surface area contributed by atoms with Gasteiger partial charge in [-0.25, -0.2) is 0 Å². The zero-order valence-electron chi connectivity index (χ0n) is 11.2. The largest absolute Gasteiger partial charge is 0.394 e. The number of benzene rings is 1. The molecule has 0 aliphatic rings. The lowest BCUT2D eigenvalue weighted by Crippen LogP contribution is -1.92. The van der Waals surface area contributed by atoms with Crippen LogP contribution in [0.1, 0.15) is 22.3 Å². The van der Waals surface area contributed by atoms with Crippen LogP contribution in [0.2, 0.25) is 0 Å². The molecule has 1 N–H and O–H groups in total. The number of aryl methyl sites for hydroxylation is 2. The standard InChI is InChI=1S/C16H21N/c1-12-10-14(3)15(4)16(11-12)13(2)8-6-7-9-17-5/h6-11,17H,2H2,1,3-5H3/b8-6-,9-7-. The molecule has 1 heteroatoms. The van der Waals surface area contributed by atoms with Gasteiger partial charge in [-0.1, -0.05) is 36.4 Å². The molecule has 0 atom stereocenters. The number of allylic oxidation sites excluding steroid dienone is 4. The van der Waals surface area contributed by atoms with Crippen LogP contribution >= 0.6 is 0 Å². The van der Waals surface area contributed by atoms with Gasteiger partial charge in [0, 0.05) is 7.05 Å². The monoisotopic (exact) mass is 227 g/mol. The highest BCUT2D eigenvalue weighted by Gasteiger charge is 2.03. The van der Waals surface area contributed by atoms with E-state index in [4.69, 9.17) is 0 Å². The quantitative estimate of drug-likeness (QED) is 0.769. The number of nitrogens with one attached hydrogen (secondary N) is 1. The summed E-state index contributed by atoms with van der Waals surface area (Å²) in [6.07, 6.45) is 7.88. The summed E-state index contributed by atoms with van der Waals surface area (Å²) in [6.45, 7) is 10.5. The van der Waals surface area contributed by atoms with Crippen molar-refractivity contribution in [3.8, 4) is 0 Å². The minimum Gasteiger partial charge on any atom is -0.394 e. The van der Waals surface area contributed by atoms with Crippen molar-refractivity contribution in [3.05, 3.63) is 65.4 Å². The molecule has 0 radical (unpaired) electrons. The fourth-order valence-corrected chi connectivity index (χ4v) is 1.79. The van der Waals surface area contributed by atoms with E-state index < -0.39 is 0 Å². The molecular weight excluding hydrogens is 206 g/mol. The molecule has 0 fully saturated rings. The minimum atomic E-state index is 1.05. The topological polar surface area (TPSA) is 12.0 Å². The van der Waals surface area contributed by atoms with E-state index in [0.717, 1.165) is 5.57 Å². The molecule has 0 amide bonds. The summed E-state index contributed by atoms with van der Waals surface area (Å²) in [6, 6.07) is 4.40. The van der Waals surface area contributed by atoms with Gasteiger partial charge < -0.3 is 5.32 Å². The van der Waals surface area contributed by atoms with Crippen LogP contribution in [-0.4, -0.2) is 7.05 Å². The lowest BCUT2D eigenvalue weighted by atomic mass is 9.95. The van der Waals surface area contributed by atoms with Crippen molar-refractivity contribution in [2.24, 2.45) is 0 Å². The van der Waals surface area contributed by atoms with Crippen LogP contribution < -0.4 is 5.32 Å². The highest BCUT2D eigenvalue weighted by Crippen LogP contribution is 2.23. The fraction of sp³-hybridized carbons (Fsp3) is 0.250. The van der Waals surface area contributed by atoms with Crippen molar-refractivity contribution in [1.29, 1.82) is 0 Å². The molecule has 0 aliphatic carbocycles. The number of hydrogen-bond donors (Lipinski definition) is 1. The van der Waals surface area contributed by atoms with Gasteiger partial charge >= 0.3 is 0 Å². The van der Waals surface area contributed by atoms with Crippen LogP contribution in [0.4, 0.5) is 0 Å². The predicted molar refractivity (Wildman–Crippen MR) is 77.0 cm³/mol. The van der Waals surface area contributed by atoms with Gasteiger partial charge in [0.2, 0.25) is 0 Å². The van der Waals surface area contributed by atoms with Crippen LogP contribution in [-0.2, 0) is 0 Å². The Kier molecular flexibility index (Phi) is 4.77. The van der Waals surface area contributed by atoms with E-state index in [9.17, 15) is 0 Å². The number of rotatable bonds is 4. The first-order valence-electron chi connectivity index (χ1n) is 5.84. The summed E-state index contributed by atoms with van der Waals surface area (Å²) < 4.78 is 0. The molecule has 0 heterocycles. The van der Waals surface area contributed by atoms with Crippen LogP contribution in [0.25, 0.3) is 5.57 Å². The van der Waals surface area contributed by atoms with E-state index in [1.54, 1.807) is 0 Å². The second-order valence-electron chi connectivity index (χ2n) is 4.29. The van der Waals surface area contributed by atoms with Gasteiger partial charge in [0.15, 0.2) is 0 Å². The molecule has 90 valence electrons. The second-order valence-corrected chi connectivity index (χ2v) is 4.29. The summed E-state index contributed by atoms with van der Waals surface area (Å²) >= 11 is 0. The fourth-order valence-electron chi connectivity index (χ4n) is 1.79. The molecule has 17 heavy (non-hydrogen) atoms. The summed E-state index contributed by atoms with van der Waals surface area (Å²) in [5, 5.41) is 2.95. The Morgan fingerprint density at radius 3 is 2.53 bits per heavy atom. The van der Waals surface area contributed by atoms with Crippen molar-refractivity contribution in [1.82, 2.24) is 5.32 Å². The molecule has 0 spiro atoms. The highest BCUT2D eigenvalue weighted by atomic mass is 14.8. The van der Waals surface area contributed by atoms with Crippen LogP contribution in [0.15, 0.2) is 43.1 Å². The van der Waals surface area contributed by atoms with Crippen LogP contribution in [0.3, 0.4) is 0 Å². The van der Waals surface area contributed by atoms with E-state index >= 15 is 0 Å². The van der Waals surface area contributed by atoms with Gasteiger partial charge in [-0.15, -0.1) is 0 Å². The summed E-state index contributed by atoms with van der Waals surface area (Å²) in [4.78, 5) is 0. The van der Waals surface area contributed by atoms with Crippen molar-refractivity contribution < 1.29 is 0 Å². The maximum absolute atomic E-state index is 4.12. The SMILES string of the molecule is C=C(/C=C\C=C/NC)c1cc(C)cc(C)c1C. The summed E-state index contributed by atoms with van der Waals surface area (Å²) in [5.74, 6) is 0. The van der Waals surface area contributed by atoms with E-state index in [1.165, 1.54) is 22.3 Å². The van der Waals surface area contributed by atoms with E-state index in [2.05, 4.69) is 44.8 Å². The molecule has 0 saturated carbocycles. The van der Waals surface area contributed by atoms with Gasteiger partial charge in [-0.3, -0.25) is 0 Å². The second kappa shape index (κ2) is 6.09. The zero-order chi connectivity index (χ0) is 12.8. The van der Waals surface area contributed by atoms with E-state index in [1.807, 2.05) is 31.5 Å². The third kappa shape index (κ3) is 3.63. The molecule has 0 bridgehead atoms. The maximum atomic E-state index is 4.12. The molecule has 0 aromatic heterocycles. The molecule has 0 aliphatic heterocycles. The Morgan fingerprint density at radius 1 is 1.18 bits per heavy atom. The van der Waals surface area contributed by atoms with Crippen LogP contribution in [0.5, 0.6) is 0 Å². The van der Waals surface area contributed by atoms with Crippen LogP contribution in [0, 0.1) is 20.8 Å². The maximum Gasteiger partial charge on any atom is 0.00277 e. The predicted octanol–water partition coefficient (Wildman–Crippen LogP) is 3.91. The van der Waals surface area contributed by atoms with Gasteiger partial charge in [-0.2, -0.15) is 0 Å². The lowest BCUT2D eigenvalue weighted by Gasteiger charge is -2.10. The van der Waals surface area contributed by atoms with E-state index in [-0.39, 0.29) is 0 Å². The molecule has 1 aromatic carbocycles. The normalized spacial score (nSPS) is 11.3. The molecular formula is C16H21N. The molecule has 0 saturated heterocycles. The Morgan fingerprint density at radius 2 is 1.88 bits per heavy atom. The summed E-state index contributed by atoms with van der Waals surface area (Å²) in [7, 11) is 1.88. The minimum absolute atomic E-state index is 1.05. The molecule has 0 unspecified atom stereocenters. The zero-order valence-corrected chi connectivity index (χ0v) is 11.2. The smallest absolute Gasteiger partial charge is 0.00277 e. The molecule has 1 rings (SSSR count). The third-order valence-electron chi connectivity index (χ3n) is 2.83. The molecule has 1 nitrogen and oxygen atoms in total.